The van der Waals surface area contributed by atoms with Gasteiger partial charge in [0.15, 0.2) is 0 Å². The average Bonchev–Trinajstić information content (AvgIpc) is 2.86. The number of fused-ring (bicyclic) bond motifs is 1. The molecule has 4 aliphatic rings. The summed E-state index contributed by atoms with van der Waals surface area (Å²) in [4.78, 5) is 51.3. The molecule has 6 heteroatoms. The number of carboxylic acid groups (broad SMARTS) is 1. The summed E-state index contributed by atoms with van der Waals surface area (Å²) < 4.78 is 6.09. The van der Waals surface area contributed by atoms with Gasteiger partial charge in [-0.05, 0) is 50.4 Å². The van der Waals surface area contributed by atoms with Crippen LogP contribution in [0.5, 0.6) is 0 Å². The molecule has 1 aliphatic heterocycles. The zero-order valence-corrected chi connectivity index (χ0v) is 18.3. The molecule has 3 fully saturated rings. The van der Waals surface area contributed by atoms with Crippen LogP contribution in [0.4, 0.5) is 0 Å². The quantitative estimate of drug-likeness (QED) is 0.399. The minimum absolute atomic E-state index is 0.0661. The molecule has 0 radical (unpaired) electrons. The molecule has 4 rings (SSSR count). The molecule has 2 bridgehead atoms. The highest BCUT2D eigenvalue weighted by atomic mass is 16.6. The maximum atomic E-state index is 13.3. The summed E-state index contributed by atoms with van der Waals surface area (Å²) in [6.07, 6.45) is 6.08. The minimum Gasteiger partial charge on any atom is -0.478 e. The molecule has 6 nitrogen and oxygen atoms in total. The Morgan fingerprint density at radius 3 is 2.50 bits per heavy atom. The number of hydrogen-bond acceptors (Lipinski definition) is 5. The zero-order chi connectivity index (χ0) is 22.0. The lowest BCUT2D eigenvalue weighted by Gasteiger charge is -2.48. The number of hydrogen-bond donors (Lipinski definition) is 1. The van der Waals surface area contributed by atoms with E-state index < -0.39 is 46.4 Å². The topological polar surface area (TPSA) is 97.7 Å². The summed E-state index contributed by atoms with van der Waals surface area (Å²) in [5.41, 5.74) is -2.01. The molecular formula is C24H32O6. The van der Waals surface area contributed by atoms with E-state index in [9.17, 15) is 24.3 Å². The van der Waals surface area contributed by atoms with Gasteiger partial charge in [0.25, 0.3) is 0 Å². The number of Topliss-reactive ketones (excluding diaryl/α,β-unsaturated/α-hetero) is 2. The van der Waals surface area contributed by atoms with Crippen molar-refractivity contribution in [3.63, 3.8) is 0 Å². The van der Waals surface area contributed by atoms with Crippen LogP contribution in [0.15, 0.2) is 11.6 Å². The number of ether oxygens (including phenoxy) is 1. The second-order valence-corrected chi connectivity index (χ2v) is 10.5. The zero-order valence-electron chi connectivity index (χ0n) is 18.3. The number of carbonyl (C=O) groups is 4. The molecule has 0 unspecified atom stereocenters. The van der Waals surface area contributed by atoms with Gasteiger partial charge in [0, 0.05) is 23.3 Å². The Morgan fingerprint density at radius 1 is 1.13 bits per heavy atom. The first-order chi connectivity index (χ1) is 14.0. The van der Waals surface area contributed by atoms with Crippen LogP contribution in [0.1, 0.15) is 66.2 Å². The second-order valence-electron chi connectivity index (χ2n) is 10.5. The van der Waals surface area contributed by atoms with E-state index in [0.29, 0.717) is 24.3 Å². The Hall–Kier alpha value is -1.98. The van der Waals surface area contributed by atoms with Crippen molar-refractivity contribution in [3.8, 4) is 0 Å². The fourth-order valence-electron chi connectivity index (χ4n) is 6.94. The minimum atomic E-state index is -1.46. The molecule has 0 aromatic carbocycles. The monoisotopic (exact) mass is 416 g/mol. The number of aliphatic carboxylic acids is 1. The molecule has 164 valence electrons. The first-order valence-corrected chi connectivity index (χ1v) is 11.3. The third kappa shape index (κ3) is 2.82. The SMILES string of the molecule is C[C@@H]1CCC[C@H]2C=C(C(=O)O)[C@@H](C)C[C@@]23OC(=O)[C@@]2(C)C(=O)C(=O)[C@H](C[C@H]23)[C@H](C)C1. The van der Waals surface area contributed by atoms with Gasteiger partial charge in [-0.1, -0.05) is 39.7 Å². The molecule has 2 saturated carbocycles. The number of ketones is 2. The predicted octanol–water partition coefficient (Wildman–Crippen LogP) is 3.58. The van der Waals surface area contributed by atoms with E-state index in [4.69, 9.17) is 4.74 Å². The molecule has 1 N–H and O–H groups in total. The summed E-state index contributed by atoms with van der Waals surface area (Å²) in [6.45, 7) is 7.64. The van der Waals surface area contributed by atoms with Gasteiger partial charge in [-0.2, -0.15) is 0 Å². The van der Waals surface area contributed by atoms with Crippen molar-refractivity contribution in [2.75, 3.05) is 0 Å². The van der Waals surface area contributed by atoms with Crippen molar-refractivity contribution >= 4 is 23.5 Å². The van der Waals surface area contributed by atoms with Gasteiger partial charge < -0.3 is 9.84 Å². The van der Waals surface area contributed by atoms with Crippen LogP contribution >= 0.6 is 0 Å². The van der Waals surface area contributed by atoms with Crippen molar-refractivity contribution in [3.05, 3.63) is 11.6 Å². The molecule has 0 amide bonds. The number of rotatable bonds is 1. The molecule has 8 atom stereocenters. The fraction of sp³-hybridized carbons (Fsp3) is 0.750. The molecular weight excluding hydrogens is 384 g/mol. The standard InChI is InChI=1S/C24H32O6/c1-12-6-5-7-15-9-17(21(27)28)14(3)11-24(15)18-10-16(13(2)8-12)19(25)20(26)23(18,4)22(29)30-24/h9,12-16,18H,5-8,10-11H2,1-4H3,(H,27,28)/t12-,13-,14+,15+,16-,18-,23-,24-/m1/s1. The van der Waals surface area contributed by atoms with Crippen LogP contribution in [0.2, 0.25) is 0 Å². The molecule has 1 spiro atoms. The van der Waals surface area contributed by atoms with Crippen molar-refractivity contribution in [1.29, 1.82) is 0 Å². The van der Waals surface area contributed by atoms with Crippen molar-refractivity contribution in [1.82, 2.24) is 0 Å². The highest BCUT2D eigenvalue weighted by molar-refractivity contribution is 6.44. The number of carbonyl (C=O) groups excluding carboxylic acids is 3. The van der Waals surface area contributed by atoms with Crippen molar-refractivity contribution in [2.45, 2.75) is 71.8 Å². The maximum Gasteiger partial charge on any atom is 0.331 e. The lowest BCUT2D eigenvalue weighted by molar-refractivity contribution is -0.161. The smallest absolute Gasteiger partial charge is 0.331 e. The van der Waals surface area contributed by atoms with Crippen LogP contribution in [-0.4, -0.2) is 34.2 Å². The van der Waals surface area contributed by atoms with Gasteiger partial charge in [-0.15, -0.1) is 0 Å². The molecule has 1 heterocycles. The van der Waals surface area contributed by atoms with E-state index in [2.05, 4.69) is 6.92 Å². The van der Waals surface area contributed by atoms with Gasteiger partial charge in [0.05, 0.1) is 0 Å². The Bertz CT molecular complexity index is 843. The average molecular weight is 417 g/mol. The Labute approximate surface area is 177 Å². The Kier molecular flexibility index (Phi) is 4.98. The highest BCUT2D eigenvalue weighted by Gasteiger charge is 2.72. The third-order valence-corrected chi connectivity index (χ3v) is 8.60. The fourth-order valence-corrected chi connectivity index (χ4v) is 6.94. The first kappa shape index (κ1) is 21.3. The summed E-state index contributed by atoms with van der Waals surface area (Å²) in [5, 5.41) is 9.70. The van der Waals surface area contributed by atoms with E-state index in [1.807, 2.05) is 13.8 Å². The highest BCUT2D eigenvalue weighted by Crippen LogP contribution is 2.61. The van der Waals surface area contributed by atoms with E-state index in [1.165, 1.54) is 0 Å². The molecule has 1 saturated heterocycles. The first-order valence-electron chi connectivity index (χ1n) is 11.3. The molecule has 30 heavy (non-hydrogen) atoms. The predicted molar refractivity (Wildman–Crippen MR) is 108 cm³/mol. The Balaban J connectivity index is 1.88. The van der Waals surface area contributed by atoms with Crippen molar-refractivity contribution < 1.29 is 29.0 Å². The summed E-state index contributed by atoms with van der Waals surface area (Å²) in [5.74, 6) is -3.44. The summed E-state index contributed by atoms with van der Waals surface area (Å²) in [6, 6.07) is 0. The lowest BCUT2D eigenvalue weighted by atomic mass is 9.53. The van der Waals surface area contributed by atoms with Gasteiger partial charge in [-0.3, -0.25) is 14.4 Å². The van der Waals surface area contributed by atoms with Crippen LogP contribution < -0.4 is 0 Å². The number of carboxylic acids is 1. The second kappa shape index (κ2) is 7.03. The van der Waals surface area contributed by atoms with E-state index >= 15 is 0 Å². The van der Waals surface area contributed by atoms with E-state index in [-0.39, 0.29) is 17.8 Å². The largest absolute Gasteiger partial charge is 0.478 e. The third-order valence-electron chi connectivity index (χ3n) is 8.60. The maximum absolute atomic E-state index is 13.3. The van der Waals surface area contributed by atoms with Gasteiger partial charge in [0.2, 0.25) is 11.6 Å². The molecule has 3 aliphatic carbocycles. The van der Waals surface area contributed by atoms with Gasteiger partial charge in [0.1, 0.15) is 11.0 Å². The van der Waals surface area contributed by atoms with Crippen LogP contribution in [0, 0.1) is 40.9 Å². The van der Waals surface area contributed by atoms with E-state index in [0.717, 1.165) is 25.7 Å². The van der Waals surface area contributed by atoms with Gasteiger partial charge in [-0.25, -0.2) is 4.79 Å². The molecule has 0 aromatic heterocycles. The van der Waals surface area contributed by atoms with Crippen LogP contribution in [0.25, 0.3) is 0 Å². The summed E-state index contributed by atoms with van der Waals surface area (Å²) in [7, 11) is 0. The number of esters is 1. The van der Waals surface area contributed by atoms with Crippen LogP contribution in [-0.2, 0) is 23.9 Å². The van der Waals surface area contributed by atoms with Crippen molar-refractivity contribution in [2.24, 2.45) is 40.9 Å². The van der Waals surface area contributed by atoms with E-state index in [1.54, 1.807) is 13.0 Å². The van der Waals surface area contributed by atoms with Gasteiger partial charge >= 0.3 is 11.9 Å². The molecule has 0 aromatic rings. The Morgan fingerprint density at radius 2 is 1.83 bits per heavy atom. The van der Waals surface area contributed by atoms with Crippen LogP contribution in [0.3, 0.4) is 0 Å². The lowest BCUT2D eigenvalue weighted by Crippen LogP contribution is -2.57. The normalized spacial score (nSPS) is 46.4. The summed E-state index contributed by atoms with van der Waals surface area (Å²) >= 11 is 0.